The van der Waals surface area contributed by atoms with Gasteiger partial charge in [0.1, 0.15) is 6.54 Å². The fourth-order valence-electron chi connectivity index (χ4n) is 2.57. The van der Waals surface area contributed by atoms with Crippen LogP contribution in [0.2, 0.25) is 5.02 Å². The minimum absolute atomic E-state index is 0.115. The summed E-state index contributed by atoms with van der Waals surface area (Å²) in [5.41, 5.74) is 1.77. The van der Waals surface area contributed by atoms with Crippen molar-refractivity contribution in [2.75, 3.05) is 11.9 Å². The molecule has 1 amide bonds. The molecule has 6 nitrogen and oxygen atoms in total. The van der Waals surface area contributed by atoms with E-state index in [4.69, 9.17) is 11.6 Å². The first-order valence-electron chi connectivity index (χ1n) is 8.74. The van der Waals surface area contributed by atoms with E-state index in [1.54, 1.807) is 42.6 Å². The summed E-state index contributed by atoms with van der Waals surface area (Å²) in [6.45, 7) is -1.69. The fourth-order valence-corrected chi connectivity index (χ4v) is 3.80. The molecule has 0 aliphatic heterocycles. The van der Waals surface area contributed by atoms with Crippen LogP contribution in [0.5, 0.6) is 0 Å². The molecule has 0 aliphatic carbocycles. The molecule has 0 saturated heterocycles. The van der Waals surface area contributed by atoms with Crippen molar-refractivity contribution in [3.63, 3.8) is 0 Å². The van der Waals surface area contributed by atoms with E-state index in [1.165, 1.54) is 16.9 Å². The van der Waals surface area contributed by atoms with Crippen LogP contribution in [-0.2, 0) is 10.0 Å². The molecule has 0 aliphatic rings. The van der Waals surface area contributed by atoms with Crippen LogP contribution in [0.3, 0.4) is 0 Å². The molecular formula is C20H15ClF3N3O3S. The average molecular weight is 470 g/mol. The summed E-state index contributed by atoms with van der Waals surface area (Å²) in [5, 5.41) is 3.10. The largest absolute Gasteiger partial charge is 0.402 e. The number of hydrogen-bond acceptors (Lipinski definition) is 4. The number of carbonyl (C=O) groups is 1. The monoisotopic (exact) mass is 469 g/mol. The van der Waals surface area contributed by atoms with Crippen molar-refractivity contribution in [3.8, 4) is 11.3 Å². The maximum Gasteiger partial charge on any atom is 0.402 e. The topological polar surface area (TPSA) is 88.2 Å². The zero-order valence-corrected chi connectivity index (χ0v) is 17.2. The smallest absolute Gasteiger partial charge is 0.322 e. The Labute approximate surface area is 181 Å². The first-order valence-corrected chi connectivity index (χ1v) is 10.6. The zero-order valence-electron chi connectivity index (χ0n) is 15.7. The van der Waals surface area contributed by atoms with Crippen LogP contribution in [0.25, 0.3) is 11.3 Å². The van der Waals surface area contributed by atoms with Crippen LogP contribution < -0.4 is 10.0 Å². The number of amides is 1. The number of alkyl halides is 3. The maximum absolute atomic E-state index is 12.5. The molecule has 0 bridgehead atoms. The summed E-state index contributed by atoms with van der Waals surface area (Å²) in [7, 11) is -4.36. The number of halogens is 4. The SMILES string of the molecule is O=C(Nc1ccc(Cl)c(-c2ccccn2)c1)c1ccc(S(=O)(=O)NCC(F)(F)F)cc1. The summed E-state index contributed by atoms with van der Waals surface area (Å²) in [5.74, 6) is -0.540. The number of sulfonamides is 1. The van der Waals surface area contributed by atoms with Crippen molar-refractivity contribution in [3.05, 3.63) is 77.4 Å². The lowest BCUT2D eigenvalue weighted by atomic mass is 10.1. The quantitative estimate of drug-likeness (QED) is 0.556. The average Bonchev–Trinajstić information content (AvgIpc) is 2.74. The molecule has 0 unspecified atom stereocenters. The number of carbonyl (C=O) groups excluding carboxylic acids is 1. The van der Waals surface area contributed by atoms with E-state index in [1.807, 2.05) is 0 Å². The molecule has 162 valence electrons. The molecule has 1 aromatic heterocycles. The number of nitrogens with zero attached hydrogens (tertiary/aromatic N) is 1. The molecule has 0 fully saturated rings. The van der Waals surface area contributed by atoms with Gasteiger partial charge in [-0.1, -0.05) is 17.7 Å². The van der Waals surface area contributed by atoms with Crippen LogP contribution in [0.15, 0.2) is 71.8 Å². The number of benzene rings is 2. The highest BCUT2D eigenvalue weighted by molar-refractivity contribution is 7.89. The summed E-state index contributed by atoms with van der Waals surface area (Å²) >= 11 is 6.21. The number of aromatic nitrogens is 1. The second-order valence-electron chi connectivity index (χ2n) is 6.33. The molecular weight excluding hydrogens is 455 g/mol. The lowest BCUT2D eigenvalue weighted by Crippen LogP contribution is -2.33. The first kappa shape index (κ1) is 22.7. The Bertz CT molecular complexity index is 1190. The van der Waals surface area contributed by atoms with Crippen LogP contribution in [0, 0.1) is 0 Å². The molecule has 3 aromatic rings. The van der Waals surface area contributed by atoms with E-state index in [2.05, 4.69) is 10.3 Å². The molecule has 0 spiro atoms. The Hall–Kier alpha value is -2.95. The minimum atomic E-state index is -4.68. The van der Waals surface area contributed by atoms with Gasteiger partial charge in [-0.25, -0.2) is 13.1 Å². The summed E-state index contributed by atoms with van der Waals surface area (Å²) in [4.78, 5) is 16.3. The molecule has 3 rings (SSSR count). The van der Waals surface area contributed by atoms with Gasteiger partial charge in [0.2, 0.25) is 10.0 Å². The highest BCUT2D eigenvalue weighted by atomic mass is 35.5. The minimum Gasteiger partial charge on any atom is -0.322 e. The second-order valence-corrected chi connectivity index (χ2v) is 8.50. The predicted octanol–water partition coefficient (Wildman–Crippen LogP) is 4.49. The lowest BCUT2D eigenvalue weighted by molar-refractivity contribution is -0.121. The first-order chi connectivity index (χ1) is 14.5. The highest BCUT2D eigenvalue weighted by Gasteiger charge is 2.30. The summed E-state index contributed by atoms with van der Waals surface area (Å²) in [6.07, 6.45) is -3.07. The number of pyridine rings is 1. The van der Waals surface area contributed by atoms with E-state index in [-0.39, 0.29) is 5.56 Å². The fraction of sp³-hybridized carbons (Fsp3) is 0.100. The second kappa shape index (κ2) is 9.04. The number of anilines is 1. The normalized spacial score (nSPS) is 11.9. The maximum atomic E-state index is 12.5. The molecule has 0 saturated carbocycles. The molecule has 31 heavy (non-hydrogen) atoms. The van der Waals surface area contributed by atoms with Gasteiger partial charge in [0.25, 0.3) is 5.91 Å². The Kier molecular flexibility index (Phi) is 6.63. The van der Waals surface area contributed by atoms with Crippen LogP contribution in [0.1, 0.15) is 10.4 Å². The Morgan fingerprint density at radius 1 is 1.03 bits per heavy atom. The van der Waals surface area contributed by atoms with Crippen LogP contribution in [-0.4, -0.2) is 32.0 Å². The van der Waals surface area contributed by atoms with E-state index < -0.39 is 33.5 Å². The molecule has 11 heteroatoms. The van der Waals surface area contributed by atoms with Crippen molar-refractivity contribution < 1.29 is 26.4 Å². The summed E-state index contributed by atoms with van der Waals surface area (Å²) in [6, 6.07) is 14.6. The van der Waals surface area contributed by atoms with E-state index >= 15 is 0 Å². The van der Waals surface area contributed by atoms with Crippen molar-refractivity contribution in [2.24, 2.45) is 0 Å². The van der Waals surface area contributed by atoms with Gasteiger partial charge >= 0.3 is 6.18 Å². The van der Waals surface area contributed by atoms with Gasteiger partial charge in [0, 0.05) is 23.0 Å². The molecule has 1 heterocycles. The number of hydrogen-bond donors (Lipinski definition) is 2. The van der Waals surface area contributed by atoms with Crippen LogP contribution >= 0.6 is 11.6 Å². The van der Waals surface area contributed by atoms with E-state index in [0.717, 1.165) is 12.1 Å². The van der Waals surface area contributed by atoms with E-state index in [9.17, 15) is 26.4 Å². The van der Waals surface area contributed by atoms with Gasteiger partial charge in [-0.2, -0.15) is 13.2 Å². The Balaban J connectivity index is 1.74. The zero-order chi connectivity index (χ0) is 22.6. The third-order valence-corrected chi connectivity index (χ3v) is 5.80. The molecule has 2 N–H and O–H groups in total. The van der Waals surface area contributed by atoms with Gasteiger partial charge in [-0.05, 0) is 54.6 Å². The third-order valence-electron chi connectivity index (χ3n) is 4.05. The van der Waals surface area contributed by atoms with Crippen molar-refractivity contribution >= 4 is 33.2 Å². The standard InChI is InChI=1S/C20H15ClF3N3O3S/c21-17-9-6-14(11-16(17)18-3-1-2-10-25-18)27-19(28)13-4-7-15(8-5-13)31(29,30)26-12-20(22,23)24/h1-11,26H,12H2,(H,27,28). The predicted molar refractivity (Wildman–Crippen MR) is 110 cm³/mol. The lowest BCUT2D eigenvalue weighted by Gasteiger charge is -2.11. The van der Waals surface area contributed by atoms with Gasteiger partial charge in [0.15, 0.2) is 0 Å². The molecule has 2 aromatic carbocycles. The third kappa shape index (κ3) is 6.03. The number of rotatable bonds is 6. The summed E-state index contributed by atoms with van der Waals surface area (Å²) < 4.78 is 62.1. The van der Waals surface area contributed by atoms with Crippen molar-refractivity contribution in [1.29, 1.82) is 0 Å². The molecule has 0 radical (unpaired) electrons. The van der Waals surface area contributed by atoms with Gasteiger partial charge in [-0.3, -0.25) is 9.78 Å². The van der Waals surface area contributed by atoms with Crippen molar-refractivity contribution in [2.45, 2.75) is 11.1 Å². The van der Waals surface area contributed by atoms with Gasteiger partial charge in [-0.15, -0.1) is 0 Å². The number of nitrogens with one attached hydrogen (secondary N) is 2. The van der Waals surface area contributed by atoms with Gasteiger partial charge < -0.3 is 5.32 Å². The Morgan fingerprint density at radius 3 is 2.35 bits per heavy atom. The van der Waals surface area contributed by atoms with Crippen LogP contribution in [0.4, 0.5) is 18.9 Å². The van der Waals surface area contributed by atoms with Gasteiger partial charge in [0.05, 0.1) is 15.6 Å². The van der Waals surface area contributed by atoms with Crippen molar-refractivity contribution in [1.82, 2.24) is 9.71 Å². The van der Waals surface area contributed by atoms with E-state index in [0.29, 0.717) is 22.0 Å². The Morgan fingerprint density at radius 2 is 1.74 bits per heavy atom. The highest BCUT2D eigenvalue weighted by Crippen LogP contribution is 2.29. The molecule has 0 atom stereocenters.